The van der Waals surface area contributed by atoms with Crippen molar-refractivity contribution < 1.29 is 26.7 Å². The average Bonchev–Trinajstić information content (AvgIpc) is 2.58. The van der Waals surface area contributed by atoms with Crippen molar-refractivity contribution >= 4 is 25.8 Å². The summed E-state index contributed by atoms with van der Waals surface area (Å²) in [4.78, 5) is 10.3. The first kappa shape index (κ1) is 15.4. The molecule has 1 heterocycles. The largest absolute Gasteiger partial charge is 0.481 e. The molecule has 0 radical (unpaired) electrons. The standard InChI is InChI=1S/C9H17NO6S2/c1-10(5-2-3-9(11)12)18(15,16)8-4-6-17(13,14)7-8/h8H,2-7H2,1H3,(H,11,12). The Bertz CT molecular complexity index is 509. The SMILES string of the molecule is CN(CCCC(=O)O)S(=O)(=O)C1CCS(=O)(=O)C1. The molecule has 0 saturated carbocycles. The van der Waals surface area contributed by atoms with Gasteiger partial charge in [-0.3, -0.25) is 4.79 Å². The van der Waals surface area contributed by atoms with Gasteiger partial charge in [0.15, 0.2) is 9.84 Å². The molecule has 18 heavy (non-hydrogen) atoms. The normalized spacial score (nSPS) is 23.3. The van der Waals surface area contributed by atoms with Gasteiger partial charge in [-0.25, -0.2) is 21.1 Å². The second-order valence-corrected chi connectivity index (χ2v) is 8.94. The minimum Gasteiger partial charge on any atom is -0.481 e. The van der Waals surface area contributed by atoms with E-state index >= 15 is 0 Å². The molecule has 0 aromatic heterocycles. The van der Waals surface area contributed by atoms with Crippen molar-refractivity contribution in [2.24, 2.45) is 0 Å². The lowest BCUT2D eigenvalue weighted by atomic mass is 10.3. The highest BCUT2D eigenvalue weighted by Gasteiger charge is 2.39. The van der Waals surface area contributed by atoms with Crippen molar-refractivity contribution in [3.05, 3.63) is 0 Å². The van der Waals surface area contributed by atoms with Crippen LogP contribution in [0.1, 0.15) is 19.3 Å². The Kier molecular flexibility index (Phi) is 4.73. The Balaban J connectivity index is 2.61. The third-order valence-electron chi connectivity index (χ3n) is 2.91. The summed E-state index contributed by atoms with van der Waals surface area (Å²) in [7, 11) is -5.54. The smallest absolute Gasteiger partial charge is 0.303 e. The Hall–Kier alpha value is -0.670. The van der Waals surface area contributed by atoms with Gasteiger partial charge < -0.3 is 5.11 Å². The number of nitrogens with zero attached hydrogens (tertiary/aromatic N) is 1. The van der Waals surface area contributed by atoms with Gasteiger partial charge in [-0.05, 0) is 12.8 Å². The lowest BCUT2D eigenvalue weighted by Gasteiger charge is -2.20. The quantitative estimate of drug-likeness (QED) is 0.694. The van der Waals surface area contributed by atoms with Gasteiger partial charge in [0.1, 0.15) is 0 Å². The fourth-order valence-electron chi connectivity index (χ4n) is 1.83. The first-order valence-corrected chi connectivity index (χ1v) is 8.85. The molecule has 1 N–H and O–H groups in total. The highest BCUT2D eigenvalue weighted by Crippen LogP contribution is 2.21. The molecule has 106 valence electrons. The molecule has 0 aromatic rings. The van der Waals surface area contributed by atoms with Crippen LogP contribution in [0, 0.1) is 0 Å². The lowest BCUT2D eigenvalue weighted by Crippen LogP contribution is -2.37. The Morgan fingerprint density at radius 1 is 1.44 bits per heavy atom. The van der Waals surface area contributed by atoms with Gasteiger partial charge in [-0.2, -0.15) is 0 Å². The summed E-state index contributed by atoms with van der Waals surface area (Å²) in [5, 5.41) is 7.57. The second-order valence-electron chi connectivity index (χ2n) is 4.39. The van der Waals surface area contributed by atoms with E-state index in [1.165, 1.54) is 7.05 Å². The molecule has 9 heteroatoms. The number of rotatable bonds is 6. The summed E-state index contributed by atoms with van der Waals surface area (Å²) in [6.07, 6.45) is 0.224. The van der Waals surface area contributed by atoms with Crippen molar-refractivity contribution in [1.29, 1.82) is 0 Å². The fraction of sp³-hybridized carbons (Fsp3) is 0.889. The zero-order valence-electron chi connectivity index (χ0n) is 10.1. The Labute approximate surface area is 107 Å². The molecule has 7 nitrogen and oxygen atoms in total. The first-order chi connectivity index (χ1) is 8.15. The lowest BCUT2D eigenvalue weighted by molar-refractivity contribution is -0.137. The molecule has 0 spiro atoms. The number of sulfone groups is 1. The van der Waals surface area contributed by atoms with Crippen LogP contribution in [0.2, 0.25) is 0 Å². The Morgan fingerprint density at radius 2 is 2.06 bits per heavy atom. The highest BCUT2D eigenvalue weighted by atomic mass is 32.2. The summed E-state index contributed by atoms with van der Waals surface area (Å²) in [5.41, 5.74) is 0. The zero-order valence-corrected chi connectivity index (χ0v) is 11.7. The molecule has 1 atom stereocenters. The minimum atomic E-state index is -3.65. The number of hydrogen-bond donors (Lipinski definition) is 1. The topological polar surface area (TPSA) is 109 Å². The van der Waals surface area contributed by atoms with E-state index < -0.39 is 31.1 Å². The summed E-state index contributed by atoms with van der Waals surface area (Å²) in [5.74, 6) is -1.41. The molecule has 0 bridgehead atoms. The van der Waals surface area contributed by atoms with Crippen LogP contribution in [-0.2, 0) is 24.7 Å². The van der Waals surface area contributed by atoms with Crippen LogP contribution in [0.3, 0.4) is 0 Å². The first-order valence-electron chi connectivity index (χ1n) is 5.52. The zero-order chi connectivity index (χ0) is 14.0. The average molecular weight is 299 g/mol. The summed E-state index contributed by atoms with van der Waals surface area (Å²) in [6.45, 7) is 0.0885. The van der Waals surface area contributed by atoms with E-state index in [1.807, 2.05) is 0 Å². The van der Waals surface area contributed by atoms with Gasteiger partial charge in [0.05, 0.1) is 16.8 Å². The van der Waals surface area contributed by atoms with Crippen LogP contribution in [0.5, 0.6) is 0 Å². The molecule has 0 amide bonds. The predicted molar refractivity (Wildman–Crippen MR) is 65.5 cm³/mol. The molecule has 1 saturated heterocycles. The van der Waals surface area contributed by atoms with Crippen LogP contribution in [0.25, 0.3) is 0 Å². The molecule has 1 unspecified atom stereocenters. The van der Waals surface area contributed by atoms with E-state index in [9.17, 15) is 21.6 Å². The Morgan fingerprint density at radius 3 is 2.50 bits per heavy atom. The summed E-state index contributed by atoms with van der Waals surface area (Å²) >= 11 is 0. The molecular weight excluding hydrogens is 282 g/mol. The monoisotopic (exact) mass is 299 g/mol. The summed E-state index contributed by atoms with van der Waals surface area (Å²) in [6, 6.07) is 0. The van der Waals surface area contributed by atoms with E-state index in [4.69, 9.17) is 5.11 Å². The number of sulfonamides is 1. The number of hydrogen-bond acceptors (Lipinski definition) is 5. The van der Waals surface area contributed by atoms with E-state index in [2.05, 4.69) is 0 Å². The predicted octanol–water partition coefficient (Wildman–Crippen LogP) is -0.700. The molecule has 1 rings (SSSR count). The van der Waals surface area contributed by atoms with E-state index in [1.54, 1.807) is 0 Å². The van der Waals surface area contributed by atoms with Crippen molar-refractivity contribution in [1.82, 2.24) is 4.31 Å². The third-order valence-corrected chi connectivity index (χ3v) is 7.19. The van der Waals surface area contributed by atoms with Gasteiger partial charge >= 0.3 is 5.97 Å². The minimum absolute atomic E-state index is 0.0885. The maximum Gasteiger partial charge on any atom is 0.303 e. The summed E-state index contributed by atoms with van der Waals surface area (Å²) < 4.78 is 47.6. The number of carboxylic acid groups (broad SMARTS) is 1. The fourth-order valence-corrected chi connectivity index (χ4v) is 6.14. The molecule has 1 aliphatic heterocycles. The van der Waals surface area contributed by atoms with Crippen molar-refractivity contribution in [3.8, 4) is 0 Å². The van der Waals surface area contributed by atoms with Crippen LogP contribution in [0.4, 0.5) is 0 Å². The molecule has 1 fully saturated rings. The number of carbonyl (C=O) groups is 1. The highest BCUT2D eigenvalue weighted by molar-refractivity contribution is 7.95. The molecule has 0 aliphatic carbocycles. The van der Waals surface area contributed by atoms with Gasteiger partial charge in [-0.1, -0.05) is 0 Å². The van der Waals surface area contributed by atoms with E-state index in [0.717, 1.165) is 4.31 Å². The number of carboxylic acids is 1. The maximum atomic E-state index is 12.0. The van der Waals surface area contributed by atoms with Crippen LogP contribution < -0.4 is 0 Å². The maximum absolute atomic E-state index is 12.0. The number of aliphatic carboxylic acids is 1. The van der Waals surface area contributed by atoms with Crippen molar-refractivity contribution in [2.45, 2.75) is 24.5 Å². The van der Waals surface area contributed by atoms with Gasteiger partial charge in [0, 0.05) is 20.0 Å². The van der Waals surface area contributed by atoms with Crippen LogP contribution in [0.15, 0.2) is 0 Å². The van der Waals surface area contributed by atoms with Crippen LogP contribution >= 0.6 is 0 Å². The molecule has 0 aromatic carbocycles. The van der Waals surface area contributed by atoms with E-state index in [-0.39, 0.29) is 37.3 Å². The van der Waals surface area contributed by atoms with Gasteiger partial charge in [-0.15, -0.1) is 0 Å². The molecule has 1 aliphatic rings. The van der Waals surface area contributed by atoms with Crippen molar-refractivity contribution in [3.63, 3.8) is 0 Å². The van der Waals surface area contributed by atoms with Gasteiger partial charge in [0.25, 0.3) is 0 Å². The molecular formula is C9H17NO6S2. The van der Waals surface area contributed by atoms with Crippen LogP contribution in [-0.4, -0.2) is 62.6 Å². The van der Waals surface area contributed by atoms with Gasteiger partial charge in [0.2, 0.25) is 10.0 Å². The van der Waals surface area contributed by atoms with E-state index in [0.29, 0.717) is 0 Å². The third kappa shape index (κ3) is 3.92. The second kappa shape index (κ2) is 5.54. The van der Waals surface area contributed by atoms with Crippen molar-refractivity contribution in [2.75, 3.05) is 25.1 Å².